The topological polar surface area (TPSA) is 116 Å². The molecule has 0 saturated carbocycles. The highest BCUT2D eigenvalue weighted by atomic mass is 79.9. The van der Waals surface area contributed by atoms with Crippen molar-refractivity contribution in [1.82, 2.24) is 5.32 Å². The molecule has 0 aliphatic heterocycles. The number of aliphatic carboxylic acids is 2. The average Bonchev–Trinajstić information content (AvgIpc) is 2.34. The van der Waals surface area contributed by atoms with E-state index in [1.54, 1.807) is 13.0 Å². The number of hydrogen-bond acceptors (Lipinski definition) is 3. The van der Waals surface area contributed by atoms with E-state index in [0.29, 0.717) is 15.2 Å². The summed E-state index contributed by atoms with van der Waals surface area (Å²) in [4.78, 5) is 33.1. The Morgan fingerprint density at radius 3 is 2.48 bits per heavy atom. The van der Waals surface area contributed by atoms with Crippen LogP contribution in [0.5, 0.6) is 0 Å². The smallest absolute Gasteiger partial charge is 0.326 e. The number of halogens is 2. The number of carboxylic acid groups (broad SMARTS) is 2. The summed E-state index contributed by atoms with van der Waals surface area (Å²) in [6.07, 6.45) is -0.724. The van der Waals surface area contributed by atoms with Gasteiger partial charge in [-0.2, -0.15) is 0 Å². The number of carbonyl (C=O) groups is 3. The summed E-state index contributed by atoms with van der Waals surface area (Å²) in [6.45, 7) is 1.78. The van der Waals surface area contributed by atoms with Crippen molar-refractivity contribution in [1.29, 1.82) is 0 Å². The maximum atomic E-state index is 11.7. The van der Waals surface area contributed by atoms with Gasteiger partial charge in [-0.05, 0) is 40.5 Å². The van der Waals surface area contributed by atoms with Gasteiger partial charge in [-0.3, -0.25) is 4.79 Å². The van der Waals surface area contributed by atoms with Crippen LogP contribution in [0.25, 0.3) is 0 Å². The molecular weight excluding hydrogens is 367 g/mol. The van der Waals surface area contributed by atoms with Crippen LogP contribution in [0.4, 0.5) is 10.5 Å². The summed E-state index contributed by atoms with van der Waals surface area (Å²) in [5.41, 5.74) is 1.13. The van der Waals surface area contributed by atoms with E-state index < -0.39 is 30.4 Å². The van der Waals surface area contributed by atoms with Crippen LogP contribution < -0.4 is 10.6 Å². The Labute approximate surface area is 133 Å². The summed E-state index contributed by atoms with van der Waals surface area (Å²) < 4.78 is 0.560. The van der Waals surface area contributed by atoms with Crippen molar-refractivity contribution >= 4 is 51.2 Å². The Morgan fingerprint density at radius 2 is 1.95 bits per heavy atom. The number of anilines is 1. The van der Waals surface area contributed by atoms with Crippen molar-refractivity contribution in [3.05, 3.63) is 27.2 Å². The predicted octanol–water partition coefficient (Wildman–Crippen LogP) is 2.46. The Kier molecular flexibility index (Phi) is 5.98. The molecule has 0 aromatic heterocycles. The number of carbonyl (C=O) groups excluding carboxylic acids is 1. The Bertz CT molecular complexity index is 593. The summed E-state index contributed by atoms with van der Waals surface area (Å²) in [5, 5.41) is 22.3. The number of aryl methyl sites for hydroxylation is 1. The van der Waals surface area contributed by atoms with Gasteiger partial charge in [0.2, 0.25) is 0 Å². The highest BCUT2D eigenvalue weighted by Gasteiger charge is 2.23. The van der Waals surface area contributed by atoms with Gasteiger partial charge in [0.25, 0.3) is 0 Å². The van der Waals surface area contributed by atoms with Crippen molar-refractivity contribution in [2.75, 3.05) is 5.32 Å². The van der Waals surface area contributed by atoms with Crippen molar-refractivity contribution in [3.8, 4) is 0 Å². The fraction of sp³-hybridized carbons (Fsp3) is 0.250. The van der Waals surface area contributed by atoms with Gasteiger partial charge in [0.05, 0.1) is 12.1 Å². The molecule has 0 radical (unpaired) electrons. The summed E-state index contributed by atoms with van der Waals surface area (Å²) in [5.74, 6) is -2.77. The summed E-state index contributed by atoms with van der Waals surface area (Å²) in [7, 11) is 0. The minimum atomic E-state index is -1.53. The van der Waals surface area contributed by atoms with Crippen molar-refractivity contribution in [2.24, 2.45) is 0 Å². The first-order chi connectivity index (χ1) is 9.70. The van der Waals surface area contributed by atoms with Crippen LogP contribution >= 0.6 is 27.5 Å². The third-order valence-corrected chi connectivity index (χ3v) is 3.54. The zero-order chi connectivity index (χ0) is 16.2. The second-order valence-corrected chi connectivity index (χ2v) is 5.43. The minimum Gasteiger partial charge on any atom is -0.481 e. The fourth-order valence-electron chi connectivity index (χ4n) is 1.43. The number of benzene rings is 1. The lowest BCUT2D eigenvalue weighted by Crippen LogP contribution is -2.44. The summed E-state index contributed by atoms with van der Waals surface area (Å²) >= 11 is 9.16. The van der Waals surface area contributed by atoms with Crippen LogP contribution in [0.1, 0.15) is 12.0 Å². The second kappa shape index (κ2) is 7.28. The van der Waals surface area contributed by atoms with Crippen LogP contribution in [0.15, 0.2) is 16.6 Å². The average molecular weight is 380 g/mol. The van der Waals surface area contributed by atoms with E-state index >= 15 is 0 Å². The predicted molar refractivity (Wildman–Crippen MR) is 79.7 cm³/mol. The number of rotatable bonds is 5. The van der Waals surface area contributed by atoms with Crippen LogP contribution in [0, 0.1) is 6.92 Å². The van der Waals surface area contributed by atoms with Gasteiger partial charge in [-0.1, -0.05) is 11.6 Å². The molecule has 0 fully saturated rings. The quantitative estimate of drug-likeness (QED) is 0.627. The molecule has 21 heavy (non-hydrogen) atoms. The zero-order valence-corrected chi connectivity index (χ0v) is 13.2. The molecule has 0 saturated heterocycles. The number of amides is 2. The molecule has 1 aromatic rings. The molecule has 7 nitrogen and oxygen atoms in total. The lowest BCUT2D eigenvalue weighted by atomic mass is 10.2. The molecule has 0 aliphatic carbocycles. The third kappa shape index (κ3) is 5.24. The molecule has 2 amide bonds. The zero-order valence-electron chi connectivity index (χ0n) is 10.8. The van der Waals surface area contributed by atoms with Crippen molar-refractivity contribution < 1.29 is 24.6 Å². The van der Waals surface area contributed by atoms with Crippen LogP contribution in [-0.2, 0) is 9.59 Å². The van der Waals surface area contributed by atoms with E-state index in [2.05, 4.69) is 26.6 Å². The molecule has 0 heterocycles. The first kappa shape index (κ1) is 17.3. The highest BCUT2D eigenvalue weighted by Crippen LogP contribution is 2.29. The maximum Gasteiger partial charge on any atom is 0.326 e. The van der Waals surface area contributed by atoms with Crippen LogP contribution in [0.3, 0.4) is 0 Å². The van der Waals surface area contributed by atoms with Gasteiger partial charge < -0.3 is 20.8 Å². The molecule has 1 atom stereocenters. The van der Waals surface area contributed by atoms with E-state index in [4.69, 9.17) is 21.8 Å². The van der Waals surface area contributed by atoms with Crippen LogP contribution in [-0.4, -0.2) is 34.2 Å². The van der Waals surface area contributed by atoms with Crippen molar-refractivity contribution in [3.63, 3.8) is 0 Å². The van der Waals surface area contributed by atoms with Gasteiger partial charge in [0.1, 0.15) is 6.04 Å². The molecule has 0 unspecified atom stereocenters. The molecule has 1 rings (SSSR count). The number of carboxylic acids is 2. The molecule has 9 heteroatoms. The lowest BCUT2D eigenvalue weighted by Gasteiger charge is -2.14. The number of urea groups is 1. The number of hydrogen-bond donors (Lipinski definition) is 4. The van der Waals surface area contributed by atoms with Crippen molar-refractivity contribution in [2.45, 2.75) is 19.4 Å². The molecular formula is C12H12BrClN2O5. The van der Waals surface area contributed by atoms with Gasteiger partial charge in [-0.15, -0.1) is 0 Å². The molecule has 4 N–H and O–H groups in total. The number of nitrogens with one attached hydrogen (secondary N) is 2. The van der Waals surface area contributed by atoms with E-state index in [-0.39, 0.29) is 0 Å². The largest absolute Gasteiger partial charge is 0.481 e. The molecule has 0 aliphatic rings. The molecule has 114 valence electrons. The molecule has 1 aromatic carbocycles. The Morgan fingerprint density at radius 1 is 1.33 bits per heavy atom. The molecule has 0 spiro atoms. The Balaban J connectivity index is 2.79. The first-order valence-corrected chi connectivity index (χ1v) is 6.85. The van der Waals surface area contributed by atoms with Gasteiger partial charge in [0.15, 0.2) is 0 Å². The highest BCUT2D eigenvalue weighted by molar-refractivity contribution is 9.10. The van der Waals surface area contributed by atoms with Crippen LogP contribution in [0.2, 0.25) is 5.02 Å². The van der Waals surface area contributed by atoms with E-state index in [1.807, 2.05) is 0 Å². The van der Waals surface area contributed by atoms with E-state index in [1.165, 1.54) is 6.07 Å². The Hall–Kier alpha value is -1.80. The van der Waals surface area contributed by atoms with Gasteiger partial charge in [-0.25, -0.2) is 9.59 Å². The lowest BCUT2D eigenvalue weighted by molar-refractivity contribution is -0.145. The van der Waals surface area contributed by atoms with Gasteiger partial charge in [0, 0.05) is 9.50 Å². The second-order valence-electron chi connectivity index (χ2n) is 4.17. The summed E-state index contributed by atoms with van der Waals surface area (Å²) in [6, 6.07) is 0.809. The first-order valence-electron chi connectivity index (χ1n) is 5.68. The monoisotopic (exact) mass is 378 g/mol. The minimum absolute atomic E-state index is 0.336. The third-order valence-electron chi connectivity index (χ3n) is 2.48. The van der Waals surface area contributed by atoms with Gasteiger partial charge >= 0.3 is 18.0 Å². The fourth-order valence-corrected chi connectivity index (χ4v) is 2.15. The maximum absolute atomic E-state index is 11.7. The molecule has 0 bridgehead atoms. The van der Waals surface area contributed by atoms with E-state index in [9.17, 15) is 14.4 Å². The standard InChI is InChI=1S/C12H12BrClN2O5/c1-5-2-6(13)8(3-7(5)14)15-12(21)16-9(11(19)20)4-10(17)18/h2-3,9H,4H2,1H3,(H,17,18)(H,19,20)(H2,15,16,21)/t9-/m0/s1. The van der Waals surface area contributed by atoms with E-state index in [0.717, 1.165) is 5.56 Å². The normalized spacial score (nSPS) is 11.6. The SMILES string of the molecule is Cc1cc(Br)c(NC(=O)N[C@@H](CC(=O)O)C(=O)O)cc1Cl.